The minimum absolute atomic E-state index is 0.0866. The standard InChI is InChI=1S/C30H36O9S2/c1-7-29(4,5)39-23-14-12-22(13-15-23)38-25-17-11-21(19-27(25)41(35,36)37)28(31)20-10-16-24(30(6,8-2)9-3)26(18-20)40(32,33)34/h10-19H,7-9H2,1-6H3,(H,32,33,34)(H,35,36,37). The summed E-state index contributed by atoms with van der Waals surface area (Å²) in [5.41, 5.74) is -0.800. The van der Waals surface area contributed by atoms with Crippen molar-refractivity contribution in [2.75, 3.05) is 0 Å². The first-order valence-electron chi connectivity index (χ1n) is 13.2. The molecule has 2 N–H and O–H groups in total. The molecule has 0 radical (unpaired) electrons. The summed E-state index contributed by atoms with van der Waals surface area (Å²) < 4.78 is 80.5. The van der Waals surface area contributed by atoms with E-state index in [2.05, 4.69) is 0 Å². The third-order valence-corrected chi connectivity index (χ3v) is 9.28. The van der Waals surface area contributed by atoms with Crippen molar-refractivity contribution in [2.24, 2.45) is 0 Å². The van der Waals surface area contributed by atoms with Crippen molar-refractivity contribution in [3.8, 4) is 17.2 Å². The van der Waals surface area contributed by atoms with Crippen molar-refractivity contribution in [2.45, 2.75) is 81.6 Å². The number of rotatable bonds is 12. The van der Waals surface area contributed by atoms with E-state index in [0.29, 0.717) is 24.2 Å². The largest absolute Gasteiger partial charge is 0.488 e. The topological polar surface area (TPSA) is 144 Å². The van der Waals surface area contributed by atoms with Gasteiger partial charge in [0.1, 0.15) is 27.7 Å². The maximum atomic E-state index is 13.3. The average Bonchev–Trinajstić information content (AvgIpc) is 2.92. The van der Waals surface area contributed by atoms with Gasteiger partial charge in [-0.25, -0.2) is 0 Å². The van der Waals surface area contributed by atoms with Crippen LogP contribution in [0.4, 0.5) is 0 Å². The minimum atomic E-state index is -4.83. The van der Waals surface area contributed by atoms with E-state index in [1.54, 1.807) is 24.3 Å². The highest BCUT2D eigenvalue weighted by atomic mass is 32.2. The molecule has 11 heteroatoms. The monoisotopic (exact) mass is 604 g/mol. The van der Waals surface area contributed by atoms with E-state index in [1.807, 2.05) is 41.5 Å². The summed E-state index contributed by atoms with van der Waals surface area (Å²) in [6, 6.07) is 14.0. The molecule has 0 unspecified atom stereocenters. The Kier molecular flexibility index (Phi) is 9.39. The smallest absolute Gasteiger partial charge is 0.298 e. The first kappa shape index (κ1) is 32.3. The first-order valence-corrected chi connectivity index (χ1v) is 16.1. The molecule has 3 aromatic rings. The van der Waals surface area contributed by atoms with E-state index in [0.717, 1.165) is 18.6 Å². The summed E-state index contributed by atoms with van der Waals surface area (Å²) in [4.78, 5) is 12.3. The van der Waals surface area contributed by atoms with Crippen LogP contribution in [-0.4, -0.2) is 37.3 Å². The Morgan fingerprint density at radius 3 is 1.68 bits per heavy atom. The fraction of sp³-hybridized carbons (Fsp3) is 0.367. The van der Waals surface area contributed by atoms with Gasteiger partial charge in [0.15, 0.2) is 5.78 Å². The zero-order chi connectivity index (χ0) is 30.8. The lowest BCUT2D eigenvalue weighted by Gasteiger charge is -2.29. The Morgan fingerprint density at radius 1 is 0.707 bits per heavy atom. The van der Waals surface area contributed by atoms with Crippen LogP contribution in [0.1, 0.15) is 82.3 Å². The van der Waals surface area contributed by atoms with Crippen LogP contribution in [0.15, 0.2) is 70.5 Å². The molecule has 41 heavy (non-hydrogen) atoms. The summed E-state index contributed by atoms with van der Waals surface area (Å²) in [6.07, 6.45) is 1.96. The molecular formula is C30H36O9S2. The van der Waals surface area contributed by atoms with Gasteiger partial charge in [-0.15, -0.1) is 0 Å². The van der Waals surface area contributed by atoms with Gasteiger partial charge in [-0.1, -0.05) is 39.8 Å². The molecule has 0 spiro atoms. The molecule has 3 aromatic carbocycles. The summed E-state index contributed by atoms with van der Waals surface area (Å²) >= 11 is 0. The second-order valence-electron chi connectivity index (χ2n) is 10.7. The van der Waals surface area contributed by atoms with Crippen LogP contribution in [-0.2, 0) is 25.7 Å². The van der Waals surface area contributed by atoms with Gasteiger partial charge in [0.2, 0.25) is 0 Å². The summed E-state index contributed by atoms with van der Waals surface area (Å²) in [5.74, 6) is -0.0811. The van der Waals surface area contributed by atoms with Crippen LogP contribution in [0.5, 0.6) is 17.2 Å². The van der Waals surface area contributed by atoms with E-state index in [-0.39, 0.29) is 33.1 Å². The number of carbonyl (C=O) groups excluding carboxylic acids is 1. The van der Waals surface area contributed by atoms with Gasteiger partial charge < -0.3 is 9.47 Å². The SMILES string of the molecule is CCC(C)(C)Oc1ccc(Oc2ccc(C(=O)c3ccc(C(C)(CC)CC)c(S(=O)(=O)O)c3)cc2S(=O)(=O)O)cc1. The Morgan fingerprint density at radius 2 is 1.20 bits per heavy atom. The first-order chi connectivity index (χ1) is 18.9. The van der Waals surface area contributed by atoms with Gasteiger partial charge in [-0.3, -0.25) is 13.9 Å². The van der Waals surface area contributed by atoms with Crippen molar-refractivity contribution in [3.05, 3.63) is 77.4 Å². The number of carbonyl (C=O) groups is 1. The number of hydrogen-bond donors (Lipinski definition) is 2. The van der Waals surface area contributed by atoms with Gasteiger partial charge >= 0.3 is 0 Å². The fourth-order valence-corrected chi connectivity index (χ4v) is 5.71. The normalized spacial score (nSPS) is 12.7. The second kappa shape index (κ2) is 11.9. The molecule has 0 fully saturated rings. The van der Waals surface area contributed by atoms with E-state index in [4.69, 9.17) is 9.47 Å². The van der Waals surface area contributed by atoms with Crippen LogP contribution < -0.4 is 9.47 Å². The summed E-state index contributed by atoms with van der Waals surface area (Å²) in [6.45, 7) is 11.5. The van der Waals surface area contributed by atoms with E-state index in [1.165, 1.54) is 24.3 Å². The Balaban J connectivity index is 2.00. The molecule has 0 aliphatic rings. The maximum absolute atomic E-state index is 13.3. The highest BCUT2D eigenvalue weighted by Gasteiger charge is 2.31. The number of benzene rings is 3. The lowest BCUT2D eigenvalue weighted by Crippen LogP contribution is -2.26. The third-order valence-electron chi connectivity index (χ3n) is 7.51. The quantitative estimate of drug-likeness (QED) is 0.167. The lowest BCUT2D eigenvalue weighted by atomic mass is 9.77. The highest BCUT2D eigenvalue weighted by Crippen LogP contribution is 2.37. The Bertz CT molecular complexity index is 1640. The molecule has 0 bridgehead atoms. The molecule has 0 aliphatic heterocycles. The van der Waals surface area contributed by atoms with Gasteiger partial charge in [0.25, 0.3) is 20.2 Å². The van der Waals surface area contributed by atoms with Gasteiger partial charge in [0.05, 0.1) is 4.90 Å². The van der Waals surface area contributed by atoms with Gasteiger partial charge in [-0.2, -0.15) is 16.8 Å². The molecule has 0 saturated heterocycles. The predicted octanol–water partition coefficient (Wildman–Crippen LogP) is 6.85. The van der Waals surface area contributed by atoms with Gasteiger partial charge in [0, 0.05) is 11.1 Å². The Hall–Kier alpha value is -3.25. The molecule has 0 aliphatic carbocycles. The summed E-state index contributed by atoms with van der Waals surface area (Å²) in [5, 5.41) is 0. The molecule has 0 atom stereocenters. The molecular weight excluding hydrogens is 568 g/mol. The zero-order valence-electron chi connectivity index (χ0n) is 24.0. The molecule has 3 rings (SSSR count). The van der Waals surface area contributed by atoms with Crippen LogP contribution in [0.25, 0.3) is 0 Å². The molecule has 0 amide bonds. The van der Waals surface area contributed by atoms with E-state index in [9.17, 15) is 30.7 Å². The van der Waals surface area contributed by atoms with Crippen LogP contribution in [0.2, 0.25) is 0 Å². The van der Waals surface area contributed by atoms with Crippen LogP contribution in [0.3, 0.4) is 0 Å². The molecule has 222 valence electrons. The zero-order valence-corrected chi connectivity index (χ0v) is 25.6. The minimum Gasteiger partial charge on any atom is -0.488 e. The fourth-order valence-electron chi connectivity index (χ4n) is 4.20. The Labute approximate surface area is 242 Å². The lowest BCUT2D eigenvalue weighted by molar-refractivity contribution is 0.103. The van der Waals surface area contributed by atoms with E-state index < -0.39 is 36.3 Å². The maximum Gasteiger partial charge on any atom is 0.298 e. The van der Waals surface area contributed by atoms with Crippen molar-refractivity contribution in [3.63, 3.8) is 0 Å². The number of ketones is 1. The van der Waals surface area contributed by atoms with Crippen molar-refractivity contribution < 1.29 is 40.2 Å². The molecule has 9 nitrogen and oxygen atoms in total. The van der Waals surface area contributed by atoms with Crippen molar-refractivity contribution in [1.82, 2.24) is 0 Å². The van der Waals surface area contributed by atoms with Crippen LogP contribution >= 0.6 is 0 Å². The average molecular weight is 605 g/mol. The molecule has 0 aromatic heterocycles. The molecule has 0 heterocycles. The highest BCUT2D eigenvalue weighted by molar-refractivity contribution is 7.86. The molecule has 0 saturated carbocycles. The van der Waals surface area contributed by atoms with Crippen molar-refractivity contribution >= 4 is 26.0 Å². The van der Waals surface area contributed by atoms with Crippen molar-refractivity contribution in [1.29, 1.82) is 0 Å². The van der Waals surface area contributed by atoms with Gasteiger partial charge in [-0.05, 0) is 92.6 Å². The number of hydrogen-bond acceptors (Lipinski definition) is 7. The second-order valence-corrected chi connectivity index (χ2v) is 13.5. The number of ether oxygens (including phenoxy) is 2. The summed E-state index contributed by atoms with van der Waals surface area (Å²) in [7, 11) is -9.51. The predicted molar refractivity (Wildman–Crippen MR) is 155 cm³/mol. The third kappa shape index (κ3) is 7.53. The van der Waals surface area contributed by atoms with E-state index >= 15 is 0 Å². The van der Waals surface area contributed by atoms with Crippen LogP contribution in [0, 0.1) is 0 Å².